The van der Waals surface area contributed by atoms with Gasteiger partial charge in [0.05, 0.1) is 10.7 Å². The summed E-state index contributed by atoms with van der Waals surface area (Å²) in [4.78, 5) is -0.0395. The summed E-state index contributed by atoms with van der Waals surface area (Å²) >= 11 is 11.8. The third kappa shape index (κ3) is 2.45. The number of nitrogen functional groups attached to an aromatic ring is 1. The monoisotopic (exact) mass is 308 g/mol. The number of hydrogen-bond acceptors (Lipinski definition) is 3. The van der Waals surface area contributed by atoms with Crippen LogP contribution in [0.15, 0.2) is 17.0 Å². The Morgan fingerprint density at radius 1 is 1.39 bits per heavy atom. The Hall–Kier alpha value is -0.490. The number of benzene rings is 1. The predicted molar refractivity (Wildman–Crippen MR) is 73.5 cm³/mol. The first-order chi connectivity index (χ1) is 8.37. The molecule has 2 rings (SSSR count). The van der Waals surface area contributed by atoms with E-state index in [1.807, 2.05) is 0 Å². The van der Waals surface area contributed by atoms with E-state index in [0.717, 1.165) is 12.8 Å². The molecule has 1 aromatic rings. The van der Waals surface area contributed by atoms with Gasteiger partial charge in [0, 0.05) is 17.6 Å². The number of nitrogens with zero attached hydrogens (tertiary/aromatic N) is 1. The number of halogens is 2. The van der Waals surface area contributed by atoms with Crippen molar-refractivity contribution in [3.8, 4) is 0 Å². The van der Waals surface area contributed by atoms with Gasteiger partial charge in [-0.3, -0.25) is 0 Å². The molecule has 1 aliphatic rings. The second-order valence-corrected chi connectivity index (χ2v) is 6.92. The largest absolute Gasteiger partial charge is 0.398 e. The number of rotatable bonds is 4. The first-order valence-corrected chi connectivity index (χ1v) is 7.84. The Bertz CT molecular complexity index is 547. The van der Waals surface area contributed by atoms with E-state index in [9.17, 15) is 8.42 Å². The van der Waals surface area contributed by atoms with Crippen molar-refractivity contribution in [1.82, 2.24) is 4.31 Å². The lowest BCUT2D eigenvalue weighted by Crippen LogP contribution is -2.33. The van der Waals surface area contributed by atoms with Gasteiger partial charge in [-0.2, -0.15) is 4.31 Å². The Balaban J connectivity index is 2.53. The van der Waals surface area contributed by atoms with Gasteiger partial charge >= 0.3 is 0 Å². The fraction of sp³-hybridized carbons (Fsp3) is 0.455. The van der Waals surface area contributed by atoms with Crippen LogP contribution in [0.25, 0.3) is 0 Å². The van der Waals surface area contributed by atoms with Crippen LogP contribution in [0.1, 0.15) is 19.8 Å². The summed E-state index contributed by atoms with van der Waals surface area (Å²) in [5, 5.41) is 0.394. The fourth-order valence-electron chi connectivity index (χ4n) is 1.96. The summed E-state index contributed by atoms with van der Waals surface area (Å²) in [5.74, 6) is 0. The van der Waals surface area contributed by atoms with Crippen molar-refractivity contribution >= 4 is 38.9 Å². The smallest absolute Gasteiger partial charge is 0.246 e. The van der Waals surface area contributed by atoms with Crippen molar-refractivity contribution in [3.63, 3.8) is 0 Å². The van der Waals surface area contributed by atoms with Gasteiger partial charge in [0.2, 0.25) is 10.0 Å². The van der Waals surface area contributed by atoms with Crippen LogP contribution >= 0.6 is 23.2 Å². The maximum atomic E-state index is 12.5. The highest BCUT2D eigenvalue weighted by Gasteiger charge is 2.38. The maximum absolute atomic E-state index is 12.5. The second kappa shape index (κ2) is 4.89. The van der Waals surface area contributed by atoms with E-state index >= 15 is 0 Å². The zero-order chi connectivity index (χ0) is 13.5. The molecule has 1 saturated carbocycles. The average Bonchev–Trinajstić information content (AvgIpc) is 2.99. The van der Waals surface area contributed by atoms with Crippen molar-refractivity contribution < 1.29 is 8.42 Å². The van der Waals surface area contributed by atoms with Gasteiger partial charge in [0.1, 0.15) is 4.90 Å². The lowest BCUT2D eigenvalue weighted by atomic mass is 10.3. The van der Waals surface area contributed by atoms with E-state index in [0.29, 0.717) is 11.6 Å². The Morgan fingerprint density at radius 2 is 2.00 bits per heavy atom. The van der Waals surface area contributed by atoms with Crippen LogP contribution in [-0.2, 0) is 10.0 Å². The molecule has 0 radical (unpaired) electrons. The molecule has 1 aliphatic carbocycles. The van der Waals surface area contributed by atoms with Gasteiger partial charge in [0.15, 0.2) is 0 Å². The van der Waals surface area contributed by atoms with Crippen molar-refractivity contribution in [1.29, 1.82) is 0 Å². The summed E-state index contributed by atoms with van der Waals surface area (Å²) < 4.78 is 26.5. The predicted octanol–water partition coefficient (Wildman–Crippen LogP) is 2.75. The summed E-state index contributed by atoms with van der Waals surface area (Å²) in [7, 11) is -3.65. The molecule has 0 bridgehead atoms. The van der Waals surface area contributed by atoms with Crippen molar-refractivity contribution in [2.24, 2.45) is 0 Å². The molecule has 0 unspecified atom stereocenters. The lowest BCUT2D eigenvalue weighted by molar-refractivity contribution is 0.421. The van der Waals surface area contributed by atoms with Crippen LogP contribution in [-0.4, -0.2) is 25.3 Å². The van der Waals surface area contributed by atoms with Crippen molar-refractivity contribution in [3.05, 3.63) is 22.2 Å². The fourth-order valence-corrected chi connectivity index (χ4v) is 4.60. The Kier molecular flexibility index (Phi) is 3.78. The molecule has 0 aliphatic heterocycles. The van der Waals surface area contributed by atoms with Gasteiger partial charge in [-0.05, 0) is 25.0 Å². The standard InChI is InChI=1S/C11H14Cl2N2O2S/c1-2-15(8-3-4-8)18(16,17)11-9(13)5-7(12)6-10(11)14/h5-6,8H,2-4,14H2,1H3. The highest BCUT2D eigenvalue weighted by atomic mass is 35.5. The molecule has 18 heavy (non-hydrogen) atoms. The molecular weight excluding hydrogens is 295 g/mol. The summed E-state index contributed by atoms with van der Waals surface area (Å²) in [6.07, 6.45) is 1.77. The van der Waals surface area contributed by atoms with Crippen molar-refractivity contribution in [2.45, 2.75) is 30.7 Å². The molecule has 7 heteroatoms. The maximum Gasteiger partial charge on any atom is 0.246 e. The zero-order valence-corrected chi connectivity index (χ0v) is 12.2. The van der Waals surface area contributed by atoms with E-state index in [1.54, 1.807) is 6.92 Å². The van der Waals surface area contributed by atoms with Crippen molar-refractivity contribution in [2.75, 3.05) is 12.3 Å². The first-order valence-electron chi connectivity index (χ1n) is 5.64. The summed E-state index contributed by atoms with van der Waals surface area (Å²) in [6.45, 7) is 2.21. The minimum absolute atomic E-state index is 0.0395. The number of anilines is 1. The van der Waals surface area contributed by atoms with Crippen LogP contribution in [0.5, 0.6) is 0 Å². The normalized spacial score (nSPS) is 16.2. The van der Waals surface area contributed by atoms with Crippen LogP contribution in [0.2, 0.25) is 10.0 Å². The molecule has 0 atom stereocenters. The van der Waals surface area contributed by atoms with Gasteiger partial charge in [-0.25, -0.2) is 8.42 Å². The molecule has 1 fully saturated rings. The Labute approximate surface area is 117 Å². The highest BCUT2D eigenvalue weighted by Crippen LogP contribution is 2.37. The topological polar surface area (TPSA) is 63.4 Å². The second-order valence-electron chi connectivity index (χ2n) is 4.25. The molecule has 0 aromatic heterocycles. The molecule has 2 N–H and O–H groups in total. The molecular formula is C11H14Cl2N2O2S. The quantitative estimate of drug-likeness (QED) is 0.870. The molecule has 0 spiro atoms. The number of sulfonamides is 1. The lowest BCUT2D eigenvalue weighted by Gasteiger charge is -2.21. The SMILES string of the molecule is CCN(C1CC1)S(=O)(=O)c1c(N)cc(Cl)cc1Cl. The van der Waals surface area contributed by atoms with Crippen LogP contribution in [0, 0.1) is 0 Å². The van der Waals surface area contributed by atoms with Gasteiger partial charge in [0.25, 0.3) is 0 Å². The van der Waals surface area contributed by atoms with E-state index < -0.39 is 10.0 Å². The van der Waals surface area contributed by atoms with Crippen LogP contribution < -0.4 is 5.73 Å². The van der Waals surface area contributed by atoms with Gasteiger partial charge in [-0.1, -0.05) is 30.1 Å². The molecule has 0 amide bonds. The summed E-state index contributed by atoms with van der Waals surface area (Å²) in [5.41, 5.74) is 5.84. The molecule has 1 aromatic carbocycles. The molecule has 4 nitrogen and oxygen atoms in total. The average molecular weight is 309 g/mol. The van der Waals surface area contributed by atoms with E-state index in [1.165, 1.54) is 16.4 Å². The van der Waals surface area contributed by atoms with Crippen LogP contribution in [0.3, 0.4) is 0 Å². The zero-order valence-electron chi connectivity index (χ0n) is 9.86. The van der Waals surface area contributed by atoms with Gasteiger partial charge < -0.3 is 5.73 Å². The molecule has 100 valence electrons. The third-order valence-corrected chi connectivity index (χ3v) is 5.64. The minimum Gasteiger partial charge on any atom is -0.398 e. The third-order valence-electron chi connectivity index (χ3n) is 2.87. The van der Waals surface area contributed by atoms with E-state index in [4.69, 9.17) is 28.9 Å². The summed E-state index contributed by atoms with van der Waals surface area (Å²) in [6, 6.07) is 2.87. The molecule has 0 heterocycles. The Morgan fingerprint density at radius 3 is 2.44 bits per heavy atom. The highest BCUT2D eigenvalue weighted by molar-refractivity contribution is 7.89. The van der Waals surface area contributed by atoms with E-state index in [-0.39, 0.29) is 21.6 Å². The number of hydrogen-bond donors (Lipinski definition) is 1. The van der Waals surface area contributed by atoms with Crippen LogP contribution in [0.4, 0.5) is 5.69 Å². The number of nitrogens with two attached hydrogens (primary N) is 1. The molecule has 0 saturated heterocycles. The van der Waals surface area contributed by atoms with E-state index in [2.05, 4.69) is 0 Å². The minimum atomic E-state index is -3.65. The first kappa shape index (κ1) is 13.9. The van der Waals surface area contributed by atoms with Gasteiger partial charge in [-0.15, -0.1) is 0 Å².